The molecular formula is C10H12FNO. The Morgan fingerprint density at radius 1 is 1.54 bits per heavy atom. The highest BCUT2D eigenvalue weighted by atomic mass is 19.1. The number of rotatable bonds is 4. The number of aldehydes is 1. The molecule has 1 aromatic carbocycles. The molecular weight excluding hydrogens is 169 g/mol. The number of nitrogens with zero attached hydrogens (tertiary/aromatic N) is 1. The largest absolute Gasteiger partial charge is 0.365 e. The van der Waals surface area contributed by atoms with Crippen molar-refractivity contribution in [3.63, 3.8) is 0 Å². The summed E-state index contributed by atoms with van der Waals surface area (Å²) >= 11 is 0. The van der Waals surface area contributed by atoms with Crippen molar-refractivity contribution in [2.45, 2.75) is 6.92 Å². The van der Waals surface area contributed by atoms with E-state index in [0.717, 1.165) is 12.0 Å². The van der Waals surface area contributed by atoms with E-state index < -0.39 is 0 Å². The third-order valence-electron chi connectivity index (χ3n) is 1.85. The second-order valence-corrected chi connectivity index (χ2v) is 2.69. The smallest absolute Gasteiger partial charge is 0.139 e. The Balaban J connectivity index is 2.84. The second-order valence-electron chi connectivity index (χ2n) is 2.69. The van der Waals surface area contributed by atoms with Crippen LogP contribution in [-0.2, 0) is 4.79 Å². The highest BCUT2D eigenvalue weighted by molar-refractivity contribution is 5.61. The van der Waals surface area contributed by atoms with E-state index in [1.54, 1.807) is 17.0 Å². The third kappa shape index (κ3) is 2.54. The molecule has 0 unspecified atom stereocenters. The summed E-state index contributed by atoms with van der Waals surface area (Å²) in [5.74, 6) is -0.276. The molecule has 0 radical (unpaired) electrons. The molecule has 0 aliphatic heterocycles. The summed E-state index contributed by atoms with van der Waals surface area (Å²) in [6, 6.07) is 6.24. The van der Waals surface area contributed by atoms with E-state index in [4.69, 9.17) is 0 Å². The van der Waals surface area contributed by atoms with Crippen LogP contribution in [-0.4, -0.2) is 19.4 Å². The lowest BCUT2D eigenvalue weighted by molar-refractivity contribution is -0.106. The van der Waals surface area contributed by atoms with E-state index in [2.05, 4.69) is 0 Å². The van der Waals surface area contributed by atoms with Gasteiger partial charge in [0.1, 0.15) is 12.1 Å². The van der Waals surface area contributed by atoms with Gasteiger partial charge in [-0.25, -0.2) is 4.39 Å². The number of carbonyl (C=O) groups excluding carboxylic acids is 1. The standard InChI is InChI=1S/C10H12FNO/c1-2-12(6-7-13)10-5-3-4-9(11)8-10/h3-5,7-8H,2,6H2,1H3. The number of benzene rings is 1. The van der Waals surface area contributed by atoms with E-state index in [1.165, 1.54) is 12.1 Å². The van der Waals surface area contributed by atoms with Gasteiger partial charge in [-0.3, -0.25) is 0 Å². The van der Waals surface area contributed by atoms with Crippen molar-refractivity contribution in [2.24, 2.45) is 0 Å². The molecule has 1 rings (SSSR count). The number of halogens is 1. The quantitative estimate of drug-likeness (QED) is 0.661. The summed E-state index contributed by atoms with van der Waals surface area (Å²) in [7, 11) is 0. The van der Waals surface area contributed by atoms with Crippen LogP contribution in [0.5, 0.6) is 0 Å². The summed E-state index contributed by atoms with van der Waals surface area (Å²) in [4.78, 5) is 12.1. The van der Waals surface area contributed by atoms with Crippen LogP contribution in [0, 0.1) is 5.82 Å². The fourth-order valence-corrected chi connectivity index (χ4v) is 1.18. The monoisotopic (exact) mass is 181 g/mol. The first-order chi connectivity index (χ1) is 6.27. The Morgan fingerprint density at radius 3 is 2.85 bits per heavy atom. The predicted molar refractivity (Wildman–Crippen MR) is 50.4 cm³/mol. The molecule has 0 atom stereocenters. The Bertz CT molecular complexity index is 288. The molecule has 0 heterocycles. The molecule has 0 amide bonds. The molecule has 0 N–H and O–H groups in total. The van der Waals surface area contributed by atoms with Crippen molar-refractivity contribution in [2.75, 3.05) is 18.0 Å². The van der Waals surface area contributed by atoms with Crippen LogP contribution < -0.4 is 4.90 Å². The molecule has 2 nitrogen and oxygen atoms in total. The Kier molecular flexibility index (Phi) is 3.43. The van der Waals surface area contributed by atoms with Gasteiger partial charge in [0.2, 0.25) is 0 Å². The van der Waals surface area contributed by atoms with Gasteiger partial charge in [-0.1, -0.05) is 6.07 Å². The maximum Gasteiger partial charge on any atom is 0.139 e. The molecule has 70 valence electrons. The second kappa shape index (κ2) is 4.60. The van der Waals surface area contributed by atoms with Gasteiger partial charge in [0.25, 0.3) is 0 Å². The minimum atomic E-state index is -0.276. The number of hydrogen-bond acceptors (Lipinski definition) is 2. The number of hydrogen-bond donors (Lipinski definition) is 0. The van der Waals surface area contributed by atoms with Gasteiger partial charge in [-0.2, -0.15) is 0 Å². The van der Waals surface area contributed by atoms with Crippen LogP contribution in [0.4, 0.5) is 10.1 Å². The molecule has 0 aliphatic carbocycles. The van der Waals surface area contributed by atoms with Crippen molar-refractivity contribution in [3.05, 3.63) is 30.1 Å². The lowest BCUT2D eigenvalue weighted by Gasteiger charge is -2.19. The average Bonchev–Trinajstić information content (AvgIpc) is 2.14. The van der Waals surface area contributed by atoms with Crippen molar-refractivity contribution >= 4 is 12.0 Å². The molecule has 0 spiro atoms. The summed E-state index contributed by atoms with van der Waals surface area (Å²) < 4.78 is 12.8. The van der Waals surface area contributed by atoms with Crippen LogP contribution in [0.3, 0.4) is 0 Å². The number of likely N-dealkylation sites (N-methyl/N-ethyl adjacent to an activating group) is 1. The molecule has 1 aromatic rings. The molecule has 0 bridgehead atoms. The van der Waals surface area contributed by atoms with E-state index in [1.807, 2.05) is 6.92 Å². The van der Waals surface area contributed by atoms with Gasteiger partial charge in [-0.15, -0.1) is 0 Å². The molecule has 0 aliphatic rings. The van der Waals surface area contributed by atoms with Gasteiger partial charge in [0, 0.05) is 12.2 Å². The zero-order valence-electron chi connectivity index (χ0n) is 7.53. The van der Waals surface area contributed by atoms with Crippen LogP contribution in [0.15, 0.2) is 24.3 Å². The first-order valence-corrected chi connectivity index (χ1v) is 4.22. The topological polar surface area (TPSA) is 20.3 Å². The van der Waals surface area contributed by atoms with Crippen LogP contribution in [0.2, 0.25) is 0 Å². The summed E-state index contributed by atoms with van der Waals surface area (Å²) in [6.45, 7) is 2.93. The van der Waals surface area contributed by atoms with Crippen molar-refractivity contribution in [1.29, 1.82) is 0 Å². The highest BCUT2D eigenvalue weighted by Crippen LogP contribution is 2.14. The van der Waals surface area contributed by atoms with Gasteiger partial charge < -0.3 is 9.69 Å². The predicted octanol–water partition coefficient (Wildman–Crippen LogP) is 1.85. The van der Waals surface area contributed by atoms with Gasteiger partial charge in [-0.05, 0) is 25.1 Å². The van der Waals surface area contributed by atoms with E-state index >= 15 is 0 Å². The average molecular weight is 181 g/mol. The van der Waals surface area contributed by atoms with Crippen molar-refractivity contribution in [3.8, 4) is 0 Å². The number of anilines is 1. The normalized spacial score (nSPS) is 9.69. The van der Waals surface area contributed by atoms with Gasteiger partial charge in [0.05, 0.1) is 6.54 Å². The fraction of sp³-hybridized carbons (Fsp3) is 0.300. The lowest BCUT2D eigenvalue weighted by Crippen LogP contribution is -2.24. The molecule has 3 heteroatoms. The molecule has 0 saturated carbocycles. The first-order valence-electron chi connectivity index (χ1n) is 4.22. The fourth-order valence-electron chi connectivity index (χ4n) is 1.18. The maximum absolute atomic E-state index is 12.8. The number of carbonyl (C=O) groups is 1. The Labute approximate surface area is 77.0 Å². The first kappa shape index (κ1) is 9.71. The van der Waals surface area contributed by atoms with Crippen LogP contribution in [0.25, 0.3) is 0 Å². The maximum atomic E-state index is 12.8. The molecule has 0 fully saturated rings. The van der Waals surface area contributed by atoms with Gasteiger partial charge >= 0.3 is 0 Å². The Hall–Kier alpha value is -1.38. The lowest BCUT2D eigenvalue weighted by atomic mass is 10.3. The zero-order valence-corrected chi connectivity index (χ0v) is 7.53. The van der Waals surface area contributed by atoms with E-state index in [9.17, 15) is 9.18 Å². The zero-order chi connectivity index (χ0) is 9.68. The van der Waals surface area contributed by atoms with Crippen molar-refractivity contribution in [1.82, 2.24) is 0 Å². The molecule has 13 heavy (non-hydrogen) atoms. The summed E-state index contributed by atoms with van der Waals surface area (Å²) in [5, 5.41) is 0. The van der Waals surface area contributed by atoms with E-state index in [-0.39, 0.29) is 5.82 Å². The highest BCUT2D eigenvalue weighted by Gasteiger charge is 2.03. The van der Waals surface area contributed by atoms with Crippen LogP contribution in [0.1, 0.15) is 6.92 Å². The summed E-state index contributed by atoms with van der Waals surface area (Å²) in [6.07, 6.45) is 0.814. The van der Waals surface area contributed by atoms with Crippen LogP contribution >= 0.6 is 0 Å². The van der Waals surface area contributed by atoms with Gasteiger partial charge in [0.15, 0.2) is 0 Å². The Morgan fingerprint density at radius 2 is 2.31 bits per heavy atom. The minimum absolute atomic E-state index is 0.276. The van der Waals surface area contributed by atoms with Crippen molar-refractivity contribution < 1.29 is 9.18 Å². The summed E-state index contributed by atoms with van der Waals surface area (Å²) in [5.41, 5.74) is 0.745. The molecule has 0 saturated heterocycles. The van der Waals surface area contributed by atoms with E-state index in [0.29, 0.717) is 13.1 Å². The third-order valence-corrected chi connectivity index (χ3v) is 1.85. The molecule has 0 aromatic heterocycles. The SMILES string of the molecule is CCN(CC=O)c1cccc(F)c1. The minimum Gasteiger partial charge on any atom is -0.365 e.